The number of rotatable bonds is 3. The van der Waals surface area contributed by atoms with Crippen LogP contribution >= 0.6 is 12.4 Å². The van der Waals surface area contributed by atoms with Crippen LogP contribution in [-0.2, 0) is 4.84 Å². The minimum absolute atomic E-state index is 0. The van der Waals surface area contributed by atoms with E-state index >= 15 is 0 Å². The van der Waals surface area contributed by atoms with E-state index in [0.29, 0.717) is 13.1 Å². The highest BCUT2D eigenvalue weighted by molar-refractivity contribution is 5.85. The van der Waals surface area contributed by atoms with Crippen LogP contribution in [0.4, 0.5) is 0 Å². The van der Waals surface area contributed by atoms with Gasteiger partial charge in [0.2, 0.25) is 0 Å². The molecule has 0 radical (unpaired) electrons. The molecule has 0 saturated heterocycles. The molecule has 1 rings (SSSR count). The summed E-state index contributed by atoms with van der Waals surface area (Å²) in [7, 11) is 0. The van der Waals surface area contributed by atoms with Crippen LogP contribution in [-0.4, -0.2) is 36.2 Å². The standard InChI is InChI=1S/C9H12N2O2.ClH/c1-2-6-13-10-7-9-4-3-5-11(12)8-9;/h1,4,7,12H,3,5-6,8H2;1H/b10-7+;. The Kier molecular flexibility index (Phi) is 6.85. The SMILES string of the molecule is C#CCO/N=C/C1=CCCN(O)C1.Cl. The van der Waals surface area contributed by atoms with E-state index < -0.39 is 0 Å². The number of oxime groups is 1. The number of hydrogen-bond acceptors (Lipinski definition) is 4. The molecule has 0 aromatic carbocycles. The van der Waals surface area contributed by atoms with Crippen molar-refractivity contribution in [1.82, 2.24) is 5.06 Å². The molecule has 0 aromatic heterocycles. The Morgan fingerprint density at radius 3 is 3.21 bits per heavy atom. The van der Waals surface area contributed by atoms with Crippen molar-refractivity contribution in [2.24, 2.45) is 5.16 Å². The van der Waals surface area contributed by atoms with E-state index in [2.05, 4.69) is 11.1 Å². The Hall–Kier alpha value is -1.02. The second kappa shape index (κ2) is 7.39. The van der Waals surface area contributed by atoms with Gasteiger partial charge in [-0.15, -0.1) is 18.8 Å². The average molecular weight is 217 g/mol. The van der Waals surface area contributed by atoms with E-state index in [1.807, 2.05) is 6.08 Å². The topological polar surface area (TPSA) is 45.1 Å². The highest BCUT2D eigenvalue weighted by atomic mass is 35.5. The minimum Gasteiger partial charge on any atom is -0.383 e. The summed E-state index contributed by atoms with van der Waals surface area (Å²) in [5.41, 5.74) is 0.936. The summed E-state index contributed by atoms with van der Waals surface area (Å²) in [6.45, 7) is 1.33. The van der Waals surface area contributed by atoms with Crippen LogP contribution in [0.1, 0.15) is 6.42 Å². The van der Waals surface area contributed by atoms with E-state index in [-0.39, 0.29) is 19.0 Å². The second-order valence-corrected chi connectivity index (χ2v) is 2.67. The van der Waals surface area contributed by atoms with Gasteiger partial charge >= 0.3 is 0 Å². The van der Waals surface area contributed by atoms with Crippen LogP contribution in [0.5, 0.6) is 0 Å². The lowest BCUT2D eigenvalue weighted by Crippen LogP contribution is -2.26. The van der Waals surface area contributed by atoms with Crippen LogP contribution in [0.15, 0.2) is 16.8 Å². The van der Waals surface area contributed by atoms with Crippen molar-refractivity contribution in [3.8, 4) is 12.3 Å². The molecule has 0 fully saturated rings. The highest BCUT2D eigenvalue weighted by Crippen LogP contribution is 2.04. The van der Waals surface area contributed by atoms with Crippen LogP contribution < -0.4 is 0 Å². The molecule has 14 heavy (non-hydrogen) atoms. The molecular weight excluding hydrogens is 204 g/mol. The molecule has 0 spiro atoms. The fourth-order valence-electron chi connectivity index (χ4n) is 1.03. The van der Waals surface area contributed by atoms with Gasteiger partial charge < -0.3 is 10.0 Å². The maximum atomic E-state index is 9.14. The lowest BCUT2D eigenvalue weighted by atomic mass is 10.2. The van der Waals surface area contributed by atoms with Gasteiger partial charge in [-0.2, -0.15) is 5.06 Å². The van der Waals surface area contributed by atoms with Crippen molar-refractivity contribution >= 4 is 18.6 Å². The molecule has 1 aliphatic heterocycles. The third kappa shape index (κ3) is 4.87. The van der Waals surface area contributed by atoms with Crippen LogP contribution in [0.3, 0.4) is 0 Å². The van der Waals surface area contributed by atoms with Gasteiger partial charge in [-0.05, 0) is 12.0 Å². The molecule has 0 bridgehead atoms. The lowest BCUT2D eigenvalue weighted by Gasteiger charge is -2.18. The van der Waals surface area contributed by atoms with E-state index in [0.717, 1.165) is 12.0 Å². The number of hydroxylamine groups is 2. The first kappa shape index (κ1) is 13.0. The zero-order valence-electron chi connectivity index (χ0n) is 7.72. The predicted molar refractivity (Wildman–Crippen MR) is 56.6 cm³/mol. The summed E-state index contributed by atoms with van der Waals surface area (Å²) >= 11 is 0. The van der Waals surface area contributed by atoms with E-state index in [9.17, 15) is 0 Å². The van der Waals surface area contributed by atoms with Crippen LogP contribution in [0, 0.1) is 12.3 Å². The van der Waals surface area contributed by atoms with Gasteiger partial charge in [0.05, 0.1) is 12.8 Å². The first-order chi connectivity index (χ1) is 6.33. The molecule has 0 aromatic rings. The maximum absolute atomic E-state index is 9.14. The Balaban J connectivity index is 0.00000169. The summed E-state index contributed by atoms with van der Waals surface area (Å²) in [6, 6.07) is 0. The number of hydrogen-bond donors (Lipinski definition) is 1. The Bertz CT molecular complexity index is 258. The summed E-state index contributed by atoms with van der Waals surface area (Å²) in [5.74, 6) is 2.30. The van der Waals surface area contributed by atoms with Gasteiger partial charge in [-0.3, -0.25) is 0 Å². The summed E-state index contributed by atoms with van der Waals surface area (Å²) in [6.07, 6.45) is 9.36. The molecule has 0 saturated carbocycles. The Morgan fingerprint density at radius 2 is 2.57 bits per heavy atom. The molecule has 78 valence electrons. The van der Waals surface area contributed by atoms with Crippen molar-refractivity contribution in [2.45, 2.75) is 6.42 Å². The number of halogens is 1. The zero-order chi connectivity index (χ0) is 9.52. The monoisotopic (exact) mass is 216 g/mol. The van der Waals surface area contributed by atoms with E-state index in [4.69, 9.17) is 16.5 Å². The van der Waals surface area contributed by atoms with Crippen LogP contribution in [0.25, 0.3) is 0 Å². The quantitative estimate of drug-likeness (QED) is 0.332. The Morgan fingerprint density at radius 1 is 1.79 bits per heavy atom. The third-order valence-corrected chi connectivity index (χ3v) is 1.60. The summed E-state index contributed by atoms with van der Waals surface area (Å²) in [5, 5.41) is 14.0. The van der Waals surface area contributed by atoms with Crippen molar-refractivity contribution in [1.29, 1.82) is 0 Å². The van der Waals surface area contributed by atoms with Crippen molar-refractivity contribution in [3.63, 3.8) is 0 Å². The molecule has 1 aliphatic rings. The number of terminal acetylenes is 1. The molecule has 1 heterocycles. The molecule has 4 nitrogen and oxygen atoms in total. The number of nitrogens with zero attached hydrogens (tertiary/aromatic N) is 2. The molecule has 0 amide bonds. The summed E-state index contributed by atoms with van der Waals surface area (Å²) in [4.78, 5) is 4.71. The molecular formula is C9H13ClN2O2. The Labute approximate surface area is 89.6 Å². The average Bonchev–Trinajstić information content (AvgIpc) is 2.13. The predicted octanol–water partition coefficient (Wildman–Crippen LogP) is 1.07. The minimum atomic E-state index is 0. The highest BCUT2D eigenvalue weighted by Gasteiger charge is 2.07. The molecule has 5 heteroatoms. The largest absolute Gasteiger partial charge is 0.383 e. The normalized spacial score (nSPS) is 17.0. The zero-order valence-corrected chi connectivity index (χ0v) is 8.54. The fourth-order valence-corrected chi connectivity index (χ4v) is 1.03. The third-order valence-electron chi connectivity index (χ3n) is 1.60. The summed E-state index contributed by atoms with van der Waals surface area (Å²) < 4.78 is 0. The van der Waals surface area contributed by atoms with Gasteiger partial charge in [-0.25, -0.2) is 0 Å². The van der Waals surface area contributed by atoms with Gasteiger partial charge in [0.15, 0.2) is 6.61 Å². The second-order valence-electron chi connectivity index (χ2n) is 2.67. The smallest absolute Gasteiger partial charge is 0.177 e. The molecule has 0 aliphatic carbocycles. The van der Waals surface area contributed by atoms with Gasteiger partial charge in [0, 0.05) is 6.54 Å². The van der Waals surface area contributed by atoms with E-state index in [1.54, 1.807) is 6.21 Å². The van der Waals surface area contributed by atoms with Gasteiger partial charge in [0.25, 0.3) is 0 Å². The molecule has 0 unspecified atom stereocenters. The van der Waals surface area contributed by atoms with Crippen LogP contribution in [0.2, 0.25) is 0 Å². The molecule has 1 N–H and O–H groups in total. The molecule has 0 atom stereocenters. The first-order valence-corrected chi connectivity index (χ1v) is 4.04. The maximum Gasteiger partial charge on any atom is 0.177 e. The van der Waals surface area contributed by atoms with Crippen molar-refractivity contribution in [3.05, 3.63) is 11.6 Å². The van der Waals surface area contributed by atoms with Crippen molar-refractivity contribution < 1.29 is 10.0 Å². The van der Waals surface area contributed by atoms with Crippen molar-refractivity contribution in [2.75, 3.05) is 19.7 Å². The fraction of sp³-hybridized carbons (Fsp3) is 0.444. The first-order valence-electron chi connectivity index (χ1n) is 4.04. The van der Waals surface area contributed by atoms with Gasteiger partial charge in [-0.1, -0.05) is 17.2 Å². The lowest BCUT2D eigenvalue weighted by molar-refractivity contribution is -0.0830. The van der Waals surface area contributed by atoms with E-state index in [1.165, 1.54) is 5.06 Å². The van der Waals surface area contributed by atoms with Gasteiger partial charge in [0.1, 0.15) is 0 Å².